The first-order valence-corrected chi connectivity index (χ1v) is 14.2. The molecule has 0 radical (unpaired) electrons. The number of hydrogen-bond donors (Lipinski definition) is 0. The Kier molecular flexibility index (Phi) is 8.19. The Bertz CT molecular complexity index is 1150. The third kappa shape index (κ3) is 6.14. The van der Waals surface area contributed by atoms with Crippen LogP contribution in [0.2, 0.25) is 0 Å². The van der Waals surface area contributed by atoms with Gasteiger partial charge in [0.15, 0.2) is 0 Å². The van der Waals surface area contributed by atoms with Gasteiger partial charge in [-0.1, -0.05) is 73.4 Å². The number of carbonyl (C=O) groups is 1. The summed E-state index contributed by atoms with van der Waals surface area (Å²) in [6.07, 6.45) is 4.68. The van der Waals surface area contributed by atoms with Crippen LogP contribution < -0.4 is 0 Å². The lowest BCUT2D eigenvalue weighted by atomic mass is 9.95. The summed E-state index contributed by atoms with van der Waals surface area (Å²) in [6.45, 7) is 2.71. The first-order valence-electron chi connectivity index (χ1n) is 11.9. The average molecular weight is 497 g/mol. The van der Waals surface area contributed by atoms with Crippen LogP contribution in [-0.4, -0.2) is 36.1 Å². The number of amides is 1. The molecule has 1 fully saturated rings. The number of sulfonamides is 1. The summed E-state index contributed by atoms with van der Waals surface area (Å²) in [4.78, 5) is 16.8. The lowest BCUT2D eigenvalue weighted by molar-refractivity contribution is -0.133. The summed E-state index contributed by atoms with van der Waals surface area (Å²) < 4.78 is 28.9. The zero-order chi connectivity index (χ0) is 24.0. The van der Waals surface area contributed by atoms with E-state index in [0.717, 1.165) is 48.1 Å². The minimum Gasteiger partial charge on any atom is -0.332 e. The van der Waals surface area contributed by atoms with E-state index in [1.54, 1.807) is 28.4 Å². The Morgan fingerprint density at radius 3 is 2.26 bits per heavy atom. The molecule has 1 heterocycles. The van der Waals surface area contributed by atoms with Crippen LogP contribution in [0.5, 0.6) is 0 Å². The first kappa shape index (κ1) is 24.6. The SMILES string of the molecule is Cc1ccc(S(=O)(=O)N(CC(=O)N(Cc2ccccc2)Cc2cccs2)C2CCCCC2)cc1. The third-order valence-electron chi connectivity index (χ3n) is 6.40. The molecule has 1 aromatic heterocycles. The quantitative estimate of drug-likeness (QED) is 0.387. The topological polar surface area (TPSA) is 57.7 Å². The fourth-order valence-electron chi connectivity index (χ4n) is 4.49. The molecule has 0 bridgehead atoms. The van der Waals surface area contributed by atoms with Gasteiger partial charge in [-0.2, -0.15) is 4.31 Å². The van der Waals surface area contributed by atoms with Crippen molar-refractivity contribution in [3.63, 3.8) is 0 Å². The van der Waals surface area contributed by atoms with Crippen LogP contribution in [-0.2, 0) is 27.9 Å². The van der Waals surface area contributed by atoms with Gasteiger partial charge in [-0.25, -0.2) is 8.42 Å². The molecule has 180 valence electrons. The van der Waals surface area contributed by atoms with E-state index >= 15 is 0 Å². The van der Waals surface area contributed by atoms with Gasteiger partial charge in [0.05, 0.1) is 18.0 Å². The van der Waals surface area contributed by atoms with E-state index < -0.39 is 10.0 Å². The van der Waals surface area contributed by atoms with Crippen LogP contribution in [0.4, 0.5) is 0 Å². The standard InChI is InChI=1S/C27H32N2O3S2/c1-22-14-16-26(17-15-22)34(31,32)29(24-11-6-3-7-12-24)21-27(30)28(20-25-13-8-18-33-25)19-23-9-4-2-5-10-23/h2,4-5,8-10,13-18,24H,3,6-7,11-12,19-21H2,1H3. The maximum atomic E-state index is 13.7. The molecule has 3 aromatic rings. The molecular formula is C27H32N2O3S2. The Hall–Kier alpha value is -2.48. The van der Waals surface area contributed by atoms with Gasteiger partial charge in [-0.15, -0.1) is 11.3 Å². The molecule has 0 N–H and O–H groups in total. The zero-order valence-electron chi connectivity index (χ0n) is 19.6. The third-order valence-corrected chi connectivity index (χ3v) is 9.17. The largest absolute Gasteiger partial charge is 0.332 e. The molecule has 0 spiro atoms. The van der Waals surface area contributed by atoms with Crippen molar-refractivity contribution in [3.8, 4) is 0 Å². The summed E-state index contributed by atoms with van der Waals surface area (Å²) in [6, 6.07) is 20.6. The van der Waals surface area contributed by atoms with Gasteiger partial charge in [0.25, 0.3) is 0 Å². The van der Waals surface area contributed by atoms with Crippen molar-refractivity contribution in [1.29, 1.82) is 0 Å². The number of carbonyl (C=O) groups excluding carboxylic acids is 1. The first-order chi connectivity index (χ1) is 16.4. The zero-order valence-corrected chi connectivity index (χ0v) is 21.2. The molecule has 5 nitrogen and oxygen atoms in total. The molecule has 7 heteroatoms. The summed E-state index contributed by atoms with van der Waals surface area (Å²) in [7, 11) is -3.79. The molecule has 0 unspecified atom stereocenters. The molecule has 34 heavy (non-hydrogen) atoms. The highest BCUT2D eigenvalue weighted by molar-refractivity contribution is 7.89. The van der Waals surface area contributed by atoms with Crippen LogP contribution in [0, 0.1) is 6.92 Å². The fourth-order valence-corrected chi connectivity index (χ4v) is 6.84. The van der Waals surface area contributed by atoms with Gasteiger partial charge in [-0.3, -0.25) is 4.79 Å². The van der Waals surface area contributed by atoms with E-state index in [2.05, 4.69) is 0 Å². The van der Waals surface area contributed by atoms with E-state index in [1.807, 2.05) is 66.9 Å². The average Bonchev–Trinajstić information content (AvgIpc) is 3.36. The van der Waals surface area contributed by atoms with Crippen molar-refractivity contribution in [2.45, 2.75) is 63.1 Å². The minimum atomic E-state index is -3.79. The van der Waals surface area contributed by atoms with E-state index in [-0.39, 0.29) is 23.4 Å². The molecule has 1 aliphatic carbocycles. The van der Waals surface area contributed by atoms with Crippen molar-refractivity contribution in [3.05, 3.63) is 88.1 Å². The van der Waals surface area contributed by atoms with Crippen LogP contribution in [0.1, 0.15) is 48.1 Å². The smallest absolute Gasteiger partial charge is 0.243 e. The van der Waals surface area contributed by atoms with Gasteiger partial charge >= 0.3 is 0 Å². The van der Waals surface area contributed by atoms with Gasteiger partial charge < -0.3 is 4.90 Å². The van der Waals surface area contributed by atoms with Crippen molar-refractivity contribution in [1.82, 2.24) is 9.21 Å². The van der Waals surface area contributed by atoms with E-state index in [1.165, 1.54) is 4.31 Å². The van der Waals surface area contributed by atoms with E-state index in [4.69, 9.17) is 0 Å². The maximum absolute atomic E-state index is 13.7. The Balaban J connectivity index is 1.62. The molecular weight excluding hydrogens is 464 g/mol. The van der Waals surface area contributed by atoms with Crippen molar-refractivity contribution in [2.24, 2.45) is 0 Å². The highest BCUT2D eigenvalue weighted by Gasteiger charge is 2.35. The lowest BCUT2D eigenvalue weighted by Crippen LogP contribution is -2.47. The van der Waals surface area contributed by atoms with E-state index in [9.17, 15) is 13.2 Å². The second kappa shape index (κ2) is 11.3. The van der Waals surface area contributed by atoms with Gasteiger partial charge in [-0.05, 0) is 48.9 Å². The number of hydrogen-bond acceptors (Lipinski definition) is 4. The number of thiophene rings is 1. The lowest BCUT2D eigenvalue weighted by Gasteiger charge is -2.34. The second-order valence-corrected chi connectivity index (χ2v) is 11.9. The van der Waals surface area contributed by atoms with E-state index in [0.29, 0.717) is 13.1 Å². The van der Waals surface area contributed by atoms with Crippen LogP contribution in [0.3, 0.4) is 0 Å². The second-order valence-electron chi connectivity index (χ2n) is 8.97. The summed E-state index contributed by atoms with van der Waals surface area (Å²) in [5, 5.41) is 2.00. The monoisotopic (exact) mass is 496 g/mol. The molecule has 0 saturated heterocycles. The molecule has 0 aliphatic heterocycles. The predicted molar refractivity (Wildman–Crippen MR) is 137 cm³/mol. The summed E-state index contributed by atoms with van der Waals surface area (Å²) in [5.41, 5.74) is 2.03. The maximum Gasteiger partial charge on any atom is 0.243 e. The van der Waals surface area contributed by atoms with Crippen LogP contribution >= 0.6 is 11.3 Å². The predicted octanol–water partition coefficient (Wildman–Crippen LogP) is 5.61. The Morgan fingerprint density at radius 2 is 1.62 bits per heavy atom. The van der Waals surface area contributed by atoms with Gasteiger partial charge in [0.2, 0.25) is 15.9 Å². The fraction of sp³-hybridized carbons (Fsp3) is 0.370. The summed E-state index contributed by atoms with van der Waals surface area (Å²) >= 11 is 1.60. The molecule has 4 rings (SSSR count). The molecule has 1 saturated carbocycles. The molecule has 0 atom stereocenters. The van der Waals surface area contributed by atoms with Crippen LogP contribution in [0.25, 0.3) is 0 Å². The van der Waals surface area contributed by atoms with Gasteiger partial charge in [0.1, 0.15) is 0 Å². The number of aryl methyl sites for hydroxylation is 1. The molecule has 1 amide bonds. The number of nitrogens with zero attached hydrogens (tertiary/aromatic N) is 2. The molecule has 2 aromatic carbocycles. The highest BCUT2D eigenvalue weighted by Crippen LogP contribution is 2.28. The minimum absolute atomic E-state index is 0.140. The highest BCUT2D eigenvalue weighted by atomic mass is 32.2. The molecule has 1 aliphatic rings. The van der Waals surface area contributed by atoms with Crippen molar-refractivity contribution >= 4 is 27.3 Å². The Labute approximate surface area is 207 Å². The number of rotatable bonds is 9. The summed E-state index contributed by atoms with van der Waals surface area (Å²) in [5.74, 6) is -0.168. The van der Waals surface area contributed by atoms with Crippen LogP contribution in [0.15, 0.2) is 77.0 Å². The van der Waals surface area contributed by atoms with Crippen molar-refractivity contribution in [2.75, 3.05) is 6.54 Å². The normalized spacial score (nSPS) is 14.9. The number of benzene rings is 2. The Morgan fingerprint density at radius 1 is 0.912 bits per heavy atom. The van der Waals surface area contributed by atoms with Crippen molar-refractivity contribution < 1.29 is 13.2 Å². The van der Waals surface area contributed by atoms with Gasteiger partial charge in [0, 0.05) is 17.5 Å².